The van der Waals surface area contributed by atoms with E-state index in [1.807, 2.05) is 0 Å². The topological polar surface area (TPSA) is 17.1 Å². The van der Waals surface area contributed by atoms with Gasteiger partial charge in [0.15, 0.2) is 0 Å². The van der Waals surface area contributed by atoms with Gasteiger partial charge in [-0.3, -0.25) is 4.79 Å². The number of carbonyl (C=O) groups excluding carboxylic acids is 1. The van der Waals surface area contributed by atoms with Crippen LogP contribution in [0.25, 0.3) is 0 Å². The summed E-state index contributed by atoms with van der Waals surface area (Å²) in [6, 6.07) is 0. The van der Waals surface area contributed by atoms with E-state index < -0.39 is 0 Å². The number of hydrogen-bond acceptors (Lipinski definition) is 1. The molecule has 0 rings (SSSR count). The van der Waals surface area contributed by atoms with Crippen molar-refractivity contribution in [2.24, 2.45) is 5.92 Å². The van der Waals surface area contributed by atoms with Crippen LogP contribution in [0, 0.1) is 5.92 Å². The Bertz CT molecular complexity index is 86.9. The Kier molecular flexibility index (Phi) is 4.78. The fourth-order valence-corrected chi connectivity index (χ4v) is 1.02. The molecule has 0 saturated carbocycles. The molecule has 0 fully saturated rings. The van der Waals surface area contributed by atoms with E-state index in [0.717, 1.165) is 12.8 Å². The predicted octanol–water partition coefficient (Wildman–Crippen LogP) is 2.58. The smallest absolute Gasteiger partial charge is 0.221 e. The van der Waals surface area contributed by atoms with E-state index >= 15 is 0 Å². The number of carbonyl (C=O) groups is 1. The molecule has 0 atom stereocenters. The summed E-state index contributed by atoms with van der Waals surface area (Å²) >= 11 is 5.19. The van der Waals surface area contributed by atoms with E-state index in [0.29, 0.717) is 12.3 Å². The average Bonchev–Trinajstić information content (AvgIpc) is 1.82. The number of hydrogen-bond donors (Lipinski definition) is 0. The van der Waals surface area contributed by atoms with E-state index in [9.17, 15) is 4.79 Å². The molecule has 0 saturated heterocycles. The van der Waals surface area contributed by atoms with Gasteiger partial charge in [-0.1, -0.05) is 26.7 Å². The molecule has 0 aliphatic rings. The summed E-state index contributed by atoms with van der Waals surface area (Å²) < 4.78 is 0. The van der Waals surface area contributed by atoms with Crippen molar-refractivity contribution in [3.63, 3.8) is 0 Å². The summed E-state index contributed by atoms with van der Waals surface area (Å²) in [6.07, 6.45) is 2.64. The van der Waals surface area contributed by atoms with Crippen LogP contribution in [0.1, 0.15) is 33.1 Å². The molecule has 2 heteroatoms. The van der Waals surface area contributed by atoms with Gasteiger partial charge in [0.2, 0.25) is 5.24 Å². The average molecular weight is 149 g/mol. The van der Waals surface area contributed by atoms with Crippen LogP contribution in [0.15, 0.2) is 0 Å². The van der Waals surface area contributed by atoms with E-state index in [2.05, 4.69) is 13.8 Å². The molecule has 9 heavy (non-hydrogen) atoms. The van der Waals surface area contributed by atoms with Crippen LogP contribution in [0.4, 0.5) is 0 Å². The van der Waals surface area contributed by atoms with E-state index in [1.165, 1.54) is 0 Å². The number of halogens is 1. The highest BCUT2D eigenvalue weighted by atomic mass is 35.5. The molecule has 0 unspecified atom stereocenters. The lowest BCUT2D eigenvalue weighted by atomic mass is 10.0. The van der Waals surface area contributed by atoms with Gasteiger partial charge in [-0.05, 0) is 17.5 Å². The molecular formula is C7H13ClO. The van der Waals surface area contributed by atoms with Gasteiger partial charge in [0, 0.05) is 6.42 Å². The zero-order valence-electron chi connectivity index (χ0n) is 5.98. The molecule has 0 aliphatic carbocycles. The van der Waals surface area contributed by atoms with E-state index in [-0.39, 0.29) is 5.24 Å². The Labute approximate surface area is 61.4 Å². The van der Waals surface area contributed by atoms with Gasteiger partial charge in [0.05, 0.1) is 0 Å². The van der Waals surface area contributed by atoms with Crippen molar-refractivity contribution in [3.8, 4) is 0 Å². The molecule has 1 nitrogen and oxygen atoms in total. The zero-order valence-corrected chi connectivity index (χ0v) is 6.74. The van der Waals surface area contributed by atoms with Crippen molar-refractivity contribution in [2.45, 2.75) is 33.1 Å². The molecule has 0 N–H and O–H groups in total. The van der Waals surface area contributed by atoms with Crippen molar-refractivity contribution >= 4 is 16.8 Å². The minimum atomic E-state index is -0.205. The lowest BCUT2D eigenvalue weighted by Gasteiger charge is -2.06. The van der Waals surface area contributed by atoms with Gasteiger partial charge < -0.3 is 0 Å². The third-order valence-corrected chi connectivity index (χ3v) is 1.76. The Morgan fingerprint density at radius 1 is 1.44 bits per heavy atom. The Morgan fingerprint density at radius 3 is 2.00 bits per heavy atom. The molecule has 54 valence electrons. The second kappa shape index (κ2) is 4.80. The highest BCUT2D eigenvalue weighted by Crippen LogP contribution is 2.13. The highest BCUT2D eigenvalue weighted by Gasteiger charge is 2.06. The van der Waals surface area contributed by atoms with Gasteiger partial charge >= 0.3 is 0 Å². The Balaban J connectivity index is 3.43. The van der Waals surface area contributed by atoms with Gasteiger partial charge in [0.1, 0.15) is 0 Å². The summed E-state index contributed by atoms with van der Waals surface area (Å²) in [5.41, 5.74) is 0. The summed E-state index contributed by atoms with van der Waals surface area (Å²) in [5.74, 6) is 0.495. The third kappa shape index (κ3) is 4.46. The normalized spacial score (nSPS) is 10.2. The SMILES string of the molecule is CCC(CC)CC(=O)Cl. The van der Waals surface area contributed by atoms with Crippen LogP contribution >= 0.6 is 11.6 Å². The molecule has 0 aromatic heterocycles. The van der Waals surface area contributed by atoms with Gasteiger partial charge in [-0.15, -0.1) is 0 Å². The Hall–Kier alpha value is -0.0400. The van der Waals surface area contributed by atoms with Crippen LogP contribution in [-0.4, -0.2) is 5.24 Å². The fraction of sp³-hybridized carbons (Fsp3) is 0.857. The second-order valence-electron chi connectivity index (χ2n) is 2.24. The molecule has 0 spiro atoms. The lowest BCUT2D eigenvalue weighted by Crippen LogP contribution is -2.00. The first-order chi connectivity index (χ1) is 4.20. The van der Waals surface area contributed by atoms with Gasteiger partial charge in [0.25, 0.3) is 0 Å². The first-order valence-corrected chi connectivity index (χ1v) is 3.76. The third-order valence-electron chi connectivity index (χ3n) is 1.60. The summed E-state index contributed by atoms with van der Waals surface area (Å²) in [6.45, 7) is 4.15. The maximum atomic E-state index is 10.3. The summed E-state index contributed by atoms with van der Waals surface area (Å²) in [7, 11) is 0. The maximum absolute atomic E-state index is 10.3. The highest BCUT2D eigenvalue weighted by molar-refractivity contribution is 6.63. The molecule has 0 amide bonds. The predicted molar refractivity (Wildman–Crippen MR) is 39.5 cm³/mol. The fourth-order valence-electron chi connectivity index (χ4n) is 0.804. The molecule has 0 aromatic rings. The van der Waals surface area contributed by atoms with Crippen molar-refractivity contribution in [3.05, 3.63) is 0 Å². The van der Waals surface area contributed by atoms with Crippen LogP contribution in [0.2, 0.25) is 0 Å². The maximum Gasteiger partial charge on any atom is 0.221 e. The molecular weight excluding hydrogens is 136 g/mol. The number of rotatable bonds is 4. The molecule has 0 aliphatic heterocycles. The van der Waals surface area contributed by atoms with Crippen molar-refractivity contribution < 1.29 is 4.79 Å². The van der Waals surface area contributed by atoms with Gasteiger partial charge in [-0.2, -0.15) is 0 Å². The lowest BCUT2D eigenvalue weighted by molar-refractivity contribution is -0.112. The zero-order chi connectivity index (χ0) is 7.28. The summed E-state index contributed by atoms with van der Waals surface area (Å²) in [4.78, 5) is 10.3. The van der Waals surface area contributed by atoms with Crippen LogP contribution < -0.4 is 0 Å². The quantitative estimate of drug-likeness (QED) is 0.560. The van der Waals surface area contributed by atoms with Crippen molar-refractivity contribution in [1.29, 1.82) is 0 Å². The summed E-state index contributed by atoms with van der Waals surface area (Å²) in [5, 5.41) is -0.205. The van der Waals surface area contributed by atoms with Crippen LogP contribution in [-0.2, 0) is 4.79 Å². The molecule has 0 aromatic carbocycles. The van der Waals surface area contributed by atoms with E-state index in [1.54, 1.807) is 0 Å². The minimum absolute atomic E-state index is 0.205. The molecule has 0 radical (unpaired) electrons. The van der Waals surface area contributed by atoms with Crippen LogP contribution in [0.5, 0.6) is 0 Å². The first kappa shape index (κ1) is 8.96. The second-order valence-corrected chi connectivity index (χ2v) is 2.66. The molecule has 0 bridgehead atoms. The van der Waals surface area contributed by atoms with Crippen LogP contribution in [0.3, 0.4) is 0 Å². The van der Waals surface area contributed by atoms with Crippen molar-refractivity contribution in [2.75, 3.05) is 0 Å². The van der Waals surface area contributed by atoms with Crippen molar-refractivity contribution in [1.82, 2.24) is 0 Å². The van der Waals surface area contributed by atoms with E-state index in [4.69, 9.17) is 11.6 Å². The Morgan fingerprint density at radius 2 is 1.89 bits per heavy atom. The van der Waals surface area contributed by atoms with Gasteiger partial charge in [-0.25, -0.2) is 0 Å². The molecule has 0 heterocycles. The monoisotopic (exact) mass is 148 g/mol. The standard InChI is InChI=1S/C7H13ClO/c1-3-6(4-2)5-7(8)9/h6H,3-5H2,1-2H3. The first-order valence-electron chi connectivity index (χ1n) is 3.39. The largest absolute Gasteiger partial charge is 0.281 e. The minimum Gasteiger partial charge on any atom is -0.281 e.